The summed E-state index contributed by atoms with van der Waals surface area (Å²) < 4.78 is 5.40. The Morgan fingerprint density at radius 2 is 1.71 bits per heavy atom. The van der Waals surface area contributed by atoms with Gasteiger partial charge in [-0.05, 0) is 41.5 Å². The maximum atomic E-state index is 12.9. The Hall–Kier alpha value is -1.14. The molecule has 1 heterocycles. The Morgan fingerprint density at radius 3 is 2.10 bits per heavy atom. The number of carbonyl (C=O) groups excluding carboxylic acids is 2. The first-order chi connectivity index (χ1) is 9.31. The van der Waals surface area contributed by atoms with E-state index in [1.807, 2.05) is 20.8 Å². The molecule has 1 unspecified atom stereocenters. The van der Waals surface area contributed by atoms with Crippen molar-refractivity contribution >= 4 is 12.0 Å². The van der Waals surface area contributed by atoms with Crippen LogP contribution in [0.5, 0.6) is 0 Å². The summed E-state index contributed by atoms with van der Waals surface area (Å²) in [5, 5.41) is 9.87. The Labute approximate surface area is 126 Å². The molecule has 0 saturated carbocycles. The van der Waals surface area contributed by atoms with Gasteiger partial charge in [-0.15, -0.1) is 0 Å². The summed E-state index contributed by atoms with van der Waals surface area (Å²) in [6.45, 7) is 11.4. The first-order valence-electron chi connectivity index (χ1n) is 7.40. The number of nitrogens with two attached hydrogens (primary N) is 1. The molecule has 0 aromatic carbocycles. The predicted molar refractivity (Wildman–Crippen MR) is 79.3 cm³/mol. The minimum atomic E-state index is -0.774. The molecule has 0 aromatic rings. The van der Waals surface area contributed by atoms with Crippen LogP contribution in [0.3, 0.4) is 0 Å². The molecular weight excluding hydrogens is 272 g/mol. The van der Waals surface area contributed by atoms with E-state index in [1.54, 1.807) is 20.8 Å². The molecule has 1 rings (SSSR count). The second kappa shape index (κ2) is 5.57. The average Bonchev–Trinajstić information content (AvgIpc) is 2.24. The Morgan fingerprint density at radius 1 is 1.19 bits per heavy atom. The Bertz CT molecular complexity index is 422. The van der Waals surface area contributed by atoms with Crippen LogP contribution in [-0.2, 0) is 9.53 Å². The van der Waals surface area contributed by atoms with Gasteiger partial charge in [-0.3, -0.25) is 4.79 Å². The normalized spacial score (nSPS) is 30.8. The minimum Gasteiger partial charge on any atom is -0.414 e. The fourth-order valence-corrected chi connectivity index (χ4v) is 3.04. The van der Waals surface area contributed by atoms with Crippen molar-refractivity contribution in [1.82, 2.24) is 0 Å². The van der Waals surface area contributed by atoms with E-state index in [4.69, 9.17) is 10.5 Å². The predicted octanol–water partition coefficient (Wildman–Crippen LogP) is 1.55. The quantitative estimate of drug-likeness (QED) is 0.719. The summed E-state index contributed by atoms with van der Waals surface area (Å²) in [6, 6.07) is -0.774. The number of quaternary nitrogens is 1. The van der Waals surface area contributed by atoms with Crippen molar-refractivity contribution in [2.24, 2.45) is 5.73 Å². The molecule has 1 fully saturated rings. The van der Waals surface area contributed by atoms with Gasteiger partial charge in [0, 0.05) is 12.8 Å². The molecule has 21 heavy (non-hydrogen) atoms. The molecule has 6 nitrogen and oxygen atoms in total. The number of rotatable bonds is 1. The number of nitrogens with zero attached hydrogens (tertiary/aromatic N) is 1. The number of ether oxygens (including phenoxy) is 1. The van der Waals surface area contributed by atoms with Crippen LogP contribution < -0.4 is 5.73 Å². The minimum absolute atomic E-state index is 0.170. The van der Waals surface area contributed by atoms with Gasteiger partial charge in [-0.2, -0.15) is 4.79 Å². The van der Waals surface area contributed by atoms with E-state index >= 15 is 0 Å². The van der Waals surface area contributed by atoms with Crippen molar-refractivity contribution in [3.05, 3.63) is 0 Å². The number of aliphatic hydroxyl groups is 1. The van der Waals surface area contributed by atoms with Crippen molar-refractivity contribution in [1.29, 1.82) is 0 Å². The molecule has 0 bridgehead atoms. The van der Waals surface area contributed by atoms with Crippen molar-refractivity contribution in [2.75, 3.05) is 6.54 Å². The fraction of sp³-hybridized carbons (Fsp3) is 0.867. The van der Waals surface area contributed by atoms with Gasteiger partial charge in [-0.25, -0.2) is 4.48 Å². The van der Waals surface area contributed by atoms with E-state index in [2.05, 4.69) is 0 Å². The summed E-state index contributed by atoms with van der Waals surface area (Å²) in [5.41, 5.74) is 4.33. The van der Waals surface area contributed by atoms with E-state index in [9.17, 15) is 14.7 Å². The van der Waals surface area contributed by atoms with Gasteiger partial charge >= 0.3 is 6.09 Å². The monoisotopic (exact) mass is 301 g/mol. The van der Waals surface area contributed by atoms with Gasteiger partial charge in [0.15, 0.2) is 6.04 Å². The molecule has 0 aliphatic carbocycles. The highest BCUT2D eigenvalue weighted by atomic mass is 16.6. The van der Waals surface area contributed by atoms with Gasteiger partial charge < -0.3 is 15.6 Å². The van der Waals surface area contributed by atoms with Crippen molar-refractivity contribution in [3.8, 4) is 0 Å². The SMILES string of the molecule is CC(C)(C)OC(=O)[N@+]1(C(C)(C)C)CCC(O)C[C@@H]1C(N)=O. The Balaban J connectivity index is 3.32. The van der Waals surface area contributed by atoms with Crippen LogP contribution in [0.15, 0.2) is 0 Å². The van der Waals surface area contributed by atoms with E-state index in [0.29, 0.717) is 13.0 Å². The van der Waals surface area contributed by atoms with Gasteiger partial charge in [0.25, 0.3) is 5.91 Å². The summed E-state index contributed by atoms with van der Waals surface area (Å²) in [4.78, 5) is 24.8. The lowest BCUT2D eigenvalue weighted by atomic mass is 9.88. The molecular formula is C15H29N2O4+. The van der Waals surface area contributed by atoms with Crippen LogP contribution >= 0.6 is 0 Å². The van der Waals surface area contributed by atoms with Crippen molar-refractivity contribution in [2.45, 2.75) is 77.7 Å². The second-order valence-corrected chi connectivity index (χ2v) is 7.84. The van der Waals surface area contributed by atoms with Gasteiger partial charge in [-0.1, -0.05) is 0 Å². The molecule has 1 saturated heterocycles. The number of carbonyl (C=O) groups is 2. The van der Waals surface area contributed by atoms with Gasteiger partial charge in [0.05, 0.1) is 12.6 Å². The van der Waals surface area contributed by atoms with E-state index < -0.39 is 35.3 Å². The summed E-state index contributed by atoms with van der Waals surface area (Å²) in [7, 11) is 0. The molecule has 0 spiro atoms. The van der Waals surface area contributed by atoms with Crippen LogP contribution in [0.1, 0.15) is 54.4 Å². The molecule has 3 N–H and O–H groups in total. The molecule has 1 aliphatic rings. The standard InChI is InChI=1S/C15H28N2O4/c1-14(2,3)17(13(20)21-15(4,5)6)8-7-10(18)9-11(17)12(16)19/h10-11,18H,7-9H2,1-6H3,(H-,16,19)/p+1/t10?,11-,17+/m1/s1. The highest BCUT2D eigenvalue weighted by Gasteiger charge is 2.59. The molecule has 0 radical (unpaired) electrons. The van der Waals surface area contributed by atoms with Gasteiger partial charge in [0.1, 0.15) is 11.1 Å². The number of piperidine rings is 1. The molecule has 6 heteroatoms. The lowest BCUT2D eigenvalue weighted by Gasteiger charge is -2.51. The number of amides is 2. The highest BCUT2D eigenvalue weighted by molar-refractivity contribution is 5.81. The third kappa shape index (κ3) is 3.55. The van der Waals surface area contributed by atoms with E-state index in [1.165, 1.54) is 0 Å². The highest BCUT2D eigenvalue weighted by Crippen LogP contribution is 2.37. The zero-order valence-corrected chi connectivity index (χ0v) is 14.0. The zero-order chi connectivity index (χ0) is 16.6. The Kier molecular flexibility index (Phi) is 4.75. The number of likely N-dealkylation sites (tertiary alicyclic amines) is 1. The van der Waals surface area contributed by atoms with Gasteiger partial charge in [0.2, 0.25) is 0 Å². The van der Waals surface area contributed by atoms with E-state index in [-0.39, 0.29) is 10.9 Å². The largest absolute Gasteiger partial charge is 0.517 e. The van der Waals surface area contributed by atoms with Crippen LogP contribution in [0.2, 0.25) is 0 Å². The van der Waals surface area contributed by atoms with Crippen LogP contribution in [0, 0.1) is 0 Å². The lowest BCUT2D eigenvalue weighted by molar-refractivity contribution is -0.924. The van der Waals surface area contributed by atoms with Crippen molar-refractivity contribution < 1.29 is 23.9 Å². The molecule has 3 atom stereocenters. The first-order valence-corrected chi connectivity index (χ1v) is 7.40. The number of primary amides is 1. The summed E-state index contributed by atoms with van der Waals surface area (Å²) in [5.74, 6) is -0.575. The fourth-order valence-electron chi connectivity index (χ4n) is 3.04. The molecule has 1 aliphatic heterocycles. The van der Waals surface area contributed by atoms with Crippen molar-refractivity contribution in [3.63, 3.8) is 0 Å². The zero-order valence-electron chi connectivity index (χ0n) is 14.0. The third-order valence-corrected chi connectivity index (χ3v) is 4.09. The maximum absolute atomic E-state index is 12.9. The number of aliphatic hydroxyl groups excluding tert-OH is 1. The van der Waals surface area contributed by atoms with Crippen LogP contribution in [-0.4, -0.2) is 51.4 Å². The summed E-state index contributed by atoms with van der Waals surface area (Å²) >= 11 is 0. The second-order valence-electron chi connectivity index (χ2n) is 7.84. The molecule has 122 valence electrons. The molecule has 0 aromatic heterocycles. The number of hydrogen-bond acceptors (Lipinski definition) is 4. The summed E-state index contributed by atoms with van der Waals surface area (Å²) in [6.07, 6.45) is -0.434. The topological polar surface area (TPSA) is 89.6 Å². The lowest BCUT2D eigenvalue weighted by Crippen LogP contribution is -2.74. The van der Waals surface area contributed by atoms with Crippen LogP contribution in [0.25, 0.3) is 0 Å². The maximum Gasteiger partial charge on any atom is 0.517 e. The number of hydrogen-bond donors (Lipinski definition) is 2. The molecule has 2 amide bonds. The first kappa shape index (κ1) is 17.9. The van der Waals surface area contributed by atoms with Crippen LogP contribution in [0.4, 0.5) is 4.79 Å². The average molecular weight is 301 g/mol. The third-order valence-electron chi connectivity index (χ3n) is 4.09. The smallest absolute Gasteiger partial charge is 0.414 e. The van der Waals surface area contributed by atoms with E-state index in [0.717, 1.165) is 0 Å².